The van der Waals surface area contributed by atoms with Crippen molar-refractivity contribution in [1.82, 2.24) is 9.38 Å². The zero-order valence-electron chi connectivity index (χ0n) is 16.0. The van der Waals surface area contributed by atoms with Crippen molar-refractivity contribution in [1.29, 1.82) is 0 Å². The third-order valence-electron chi connectivity index (χ3n) is 4.98. The van der Waals surface area contributed by atoms with E-state index in [2.05, 4.69) is 28.9 Å². The summed E-state index contributed by atoms with van der Waals surface area (Å²) in [5.41, 5.74) is 5.25. The Balaban J connectivity index is 1.47. The van der Waals surface area contributed by atoms with E-state index in [1.54, 1.807) is 0 Å². The van der Waals surface area contributed by atoms with Crippen LogP contribution in [0.2, 0.25) is 0 Å². The fourth-order valence-electron chi connectivity index (χ4n) is 3.67. The maximum absolute atomic E-state index is 12.8. The van der Waals surface area contributed by atoms with Gasteiger partial charge in [-0.2, -0.15) is 0 Å². The quantitative estimate of drug-likeness (QED) is 0.757. The first-order chi connectivity index (χ1) is 13.0. The van der Waals surface area contributed by atoms with E-state index in [9.17, 15) is 4.79 Å². The van der Waals surface area contributed by atoms with Crippen molar-refractivity contribution >= 4 is 17.2 Å². The van der Waals surface area contributed by atoms with Gasteiger partial charge >= 0.3 is 0 Å². The molecule has 1 aromatic carbocycles. The van der Waals surface area contributed by atoms with Gasteiger partial charge in [-0.05, 0) is 69.5 Å². The third kappa shape index (κ3) is 3.68. The molecule has 140 valence electrons. The second-order valence-electron chi connectivity index (χ2n) is 7.56. The van der Waals surface area contributed by atoms with Crippen molar-refractivity contribution in [2.75, 3.05) is 5.32 Å². The highest BCUT2D eigenvalue weighted by Gasteiger charge is 2.28. The highest BCUT2D eigenvalue weighted by Crippen LogP contribution is 2.28. The summed E-state index contributed by atoms with van der Waals surface area (Å²) >= 11 is 0. The van der Waals surface area contributed by atoms with Crippen molar-refractivity contribution in [3.63, 3.8) is 0 Å². The molecular formula is C22H25N3O2. The number of pyridine rings is 1. The Morgan fingerprint density at radius 3 is 2.74 bits per heavy atom. The molecule has 0 saturated heterocycles. The average Bonchev–Trinajstić information content (AvgIpc) is 3.00. The molecule has 2 heterocycles. The van der Waals surface area contributed by atoms with Gasteiger partial charge in [-0.15, -0.1) is 0 Å². The Hall–Kier alpha value is -2.82. The molecule has 0 radical (unpaired) electrons. The van der Waals surface area contributed by atoms with Crippen LogP contribution in [0.3, 0.4) is 0 Å². The van der Waals surface area contributed by atoms with Gasteiger partial charge in [0.1, 0.15) is 11.4 Å². The summed E-state index contributed by atoms with van der Waals surface area (Å²) in [7, 11) is 0. The number of aryl methyl sites for hydroxylation is 2. The van der Waals surface area contributed by atoms with Crippen LogP contribution in [-0.2, 0) is 17.6 Å². The molecule has 3 aromatic rings. The molecule has 5 nitrogen and oxygen atoms in total. The Bertz CT molecular complexity index is 973. The minimum atomic E-state index is -0.0375. The van der Waals surface area contributed by atoms with Crippen LogP contribution < -0.4 is 10.1 Å². The highest BCUT2D eigenvalue weighted by molar-refractivity contribution is 5.92. The summed E-state index contributed by atoms with van der Waals surface area (Å²) in [6.45, 7) is 6.06. The summed E-state index contributed by atoms with van der Waals surface area (Å²) in [4.78, 5) is 17.5. The lowest BCUT2D eigenvalue weighted by atomic mass is 9.89. The number of aromatic nitrogens is 2. The molecule has 1 N–H and O–H groups in total. The summed E-state index contributed by atoms with van der Waals surface area (Å²) in [5.74, 6) is 0.844. The molecule has 0 aliphatic heterocycles. The molecule has 0 fully saturated rings. The largest absolute Gasteiger partial charge is 0.491 e. The van der Waals surface area contributed by atoms with E-state index in [0.29, 0.717) is 0 Å². The predicted molar refractivity (Wildman–Crippen MR) is 106 cm³/mol. The van der Waals surface area contributed by atoms with Gasteiger partial charge in [0.25, 0.3) is 0 Å². The summed E-state index contributed by atoms with van der Waals surface area (Å²) in [5, 5.41) is 3.05. The van der Waals surface area contributed by atoms with Gasteiger partial charge in [0.2, 0.25) is 5.91 Å². The van der Waals surface area contributed by atoms with Gasteiger partial charge < -0.3 is 14.5 Å². The number of carbonyl (C=O) groups excluding carboxylic acids is 1. The minimum absolute atomic E-state index is 0.0375. The normalized spacial score (nSPS) is 16.4. The predicted octanol–water partition coefficient (Wildman–Crippen LogP) is 4.17. The average molecular weight is 363 g/mol. The zero-order valence-corrected chi connectivity index (χ0v) is 16.0. The third-order valence-corrected chi connectivity index (χ3v) is 4.98. The molecule has 4 rings (SSSR count). The molecule has 0 saturated carbocycles. The number of nitrogens with zero attached hydrogens (tertiary/aromatic N) is 2. The lowest BCUT2D eigenvalue weighted by Crippen LogP contribution is -2.28. The van der Waals surface area contributed by atoms with Crippen molar-refractivity contribution in [2.45, 2.75) is 46.1 Å². The van der Waals surface area contributed by atoms with Crippen LogP contribution in [0.25, 0.3) is 5.65 Å². The molecule has 5 heteroatoms. The minimum Gasteiger partial charge on any atom is -0.491 e. The Kier molecular flexibility index (Phi) is 4.60. The van der Waals surface area contributed by atoms with E-state index in [4.69, 9.17) is 9.72 Å². The van der Waals surface area contributed by atoms with E-state index in [0.717, 1.165) is 42.0 Å². The van der Waals surface area contributed by atoms with E-state index in [-0.39, 0.29) is 17.9 Å². The number of anilines is 1. The fourth-order valence-corrected chi connectivity index (χ4v) is 3.67. The number of imidazole rings is 1. The number of hydrogen-bond acceptors (Lipinski definition) is 3. The lowest BCUT2D eigenvalue weighted by molar-refractivity contribution is -0.120. The first-order valence-corrected chi connectivity index (χ1v) is 9.53. The number of amides is 1. The van der Waals surface area contributed by atoms with Gasteiger partial charge in [0.15, 0.2) is 0 Å². The number of rotatable bonds is 4. The van der Waals surface area contributed by atoms with Crippen molar-refractivity contribution in [3.8, 4) is 5.75 Å². The van der Waals surface area contributed by atoms with Gasteiger partial charge in [0.05, 0.1) is 11.8 Å². The van der Waals surface area contributed by atoms with E-state index in [1.807, 2.05) is 44.2 Å². The van der Waals surface area contributed by atoms with Crippen LogP contribution in [0, 0.1) is 12.8 Å². The maximum Gasteiger partial charge on any atom is 0.227 e. The van der Waals surface area contributed by atoms with Crippen LogP contribution in [-0.4, -0.2) is 21.4 Å². The van der Waals surface area contributed by atoms with E-state index >= 15 is 0 Å². The topological polar surface area (TPSA) is 55.6 Å². The first-order valence-electron chi connectivity index (χ1n) is 9.53. The van der Waals surface area contributed by atoms with Crippen molar-refractivity contribution in [3.05, 3.63) is 59.5 Å². The molecule has 1 aliphatic carbocycles. The lowest BCUT2D eigenvalue weighted by Gasteiger charge is -2.21. The second-order valence-corrected chi connectivity index (χ2v) is 7.56. The van der Waals surface area contributed by atoms with Gasteiger partial charge in [-0.25, -0.2) is 4.98 Å². The zero-order chi connectivity index (χ0) is 19.0. The summed E-state index contributed by atoms with van der Waals surface area (Å²) < 4.78 is 7.79. The smallest absolute Gasteiger partial charge is 0.227 e. The molecule has 1 atom stereocenters. The molecule has 0 bridgehead atoms. The highest BCUT2D eigenvalue weighted by atomic mass is 16.5. The number of ether oxygens (including phenoxy) is 1. The number of nitrogens with one attached hydrogen (secondary N) is 1. The Labute approximate surface area is 159 Å². The maximum atomic E-state index is 12.8. The first kappa shape index (κ1) is 17.6. The summed E-state index contributed by atoms with van der Waals surface area (Å²) in [6.07, 6.45) is 4.64. The molecular weight excluding hydrogens is 338 g/mol. The molecule has 0 spiro atoms. The SMILES string of the molecule is Cc1ccc2nc3c(n2c1)CC(C(=O)Nc1ccc(OC(C)C)cc1)CC3. The fraction of sp³-hybridized carbons (Fsp3) is 0.364. The molecule has 1 amide bonds. The Morgan fingerprint density at radius 2 is 2.00 bits per heavy atom. The monoisotopic (exact) mass is 363 g/mol. The van der Waals surface area contributed by atoms with E-state index < -0.39 is 0 Å². The number of fused-ring (bicyclic) bond motifs is 3. The van der Waals surface area contributed by atoms with Gasteiger partial charge in [0, 0.05) is 29.9 Å². The Morgan fingerprint density at radius 1 is 1.22 bits per heavy atom. The van der Waals surface area contributed by atoms with Crippen LogP contribution >= 0.6 is 0 Å². The number of benzene rings is 1. The van der Waals surface area contributed by atoms with Crippen molar-refractivity contribution < 1.29 is 9.53 Å². The molecule has 1 unspecified atom stereocenters. The molecule has 2 aromatic heterocycles. The molecule has 1 aliphatic rings. The van der Waals surface area contributed by atoms with Crippen molar-refractivity contribution in [2.24, 2.45) is 5.92 Å². The van der Waals surface area contributed by atoms with Crippen LogP contribution in [0.5, 0.6) is 5.75 Å². The van der Waals surface area contributed by atoms with E-state index in [1.165, 1.54) is 11.3 Å². The van der Waals surface area contributed by atoms with Crippen LogP contribution in [0.15, 0.2) is 42.6 Å². The second kappa shape index (κ2) is 7.06. The summed E-state index contributed by atoms with van der Waals surface area (Å²) in [6, 6.07) is 11.7. The van der Waals surface area contributed by atoms with Gasteiger partial charge in [-0.3, -0.25) is 4.79 Å². The number of carbonyl (C=O) groups is 1. The standard InChI is InChI=1S/C22H25N3O2/c1-14(2)27-18-8-6-17(7-9-18)23-22(26)16-5-10-19-20(12-16)25-13-15(3)4-11-21(25)24-19/h4,6-9,11,13-14,16H,5,10,12H2,1-3H3,(H,23,26). The van der Waals surface area contributed by atoms with Crippen LogP contribution in [0.1, 0.15) is 37.2 Å². The number of hydrogen-bond donors (Lipinski definition) is 1. The molecule has 27 heavy (non-hydrogen) atoms. The van der Waals surface area contributed by atoms with Gasteiger partial charge in [-0.1, -0.05) is 6.07 Å². The van der Waals surface area contributed by atoms with Crippen LogP contribution in [0.4, 0.5) is 5.69 Å².